The van der Waals surface area contributed by atoms with Crippen LogP contribution in [0.3, 0.4) is 0 Å². The molecule has 5 nitrogen and oxygen atoms in total. The fourth-order valence-corrected chi connectivity index (χ4v) is 3.05. The molecule has 1 N–H and O–H groups in total. The maximum atomic E-state index is 5.40. The average molecular weight is 371 g/mol. The highest BCUT2D eigenvalue weighted by atomic mass is 79.9. The van der Waals surface area contributed by atoms with E-state index in [4.69, 9.17) is 4.74 Å². The van der Waals surface area contributed by atoms with Gasteiger partial charge in [-0.2, -0.15) is 0 Å². The van der Waals surface area contributed by atoms with Gasteiger partial charge in [0.2, 0.25) is 0 Å². The zero-order valence-corrected chi connectivity index (χ0v) is 14.8. The average Bonchev–Trinajstić information content (AvgIpc) is 2.89. The van der Waals surface area contributed by atoms with Crippen LogP contribution < -0.4 is 10.2 Å². The van der Waals surface area contributed by atoms with E-state index in [-0.39, 0.29) is 0 Å². The lowest BCUT2D eigenvalue weighted by Gasteiger charge is -2.19. The number of anilines is 2. The molecule has 2 aromatic heterocycles. The van der Waals surface area contributed by atoms with Crippen LogP contribution in [-0.2, 0) is 17.9 Å². The number of nitrogens with zero attached hydrogens (tertiary/aromatic N) is 3. The molecule has 0 amide bonds. The lowest BCUT2D eigenvalue weighted by atomic mass is 10.3. The summed E-state index contributed by atoms with van der Waals surface area (Å²) < 4.78 is 6.54. The Morgan fingerprint density at radius 1 is 1.38 bits per heavy atom. The van der Waals surface area contributed by atoms with E-state index in [0.717, 1.165) is 22.0 Å². The van der Waals surface area contributed by atoms with Crippen molar-refractivity contribution in [3.63, 3.8) is 0 Å². The van der Waals surface area contributed by atoms with Crippen LogP contribution >= 0.6 is 27.3 Å². The summed E-state index contributed by atoms with van der Waals surface area (Å²) in [4.78, 5) is 11.1. The maximum Gasteiger partial charge on any atom is 0.158 e. The summed E-state index contributed by atoms with van der Waals surface area (Å²) in [5, 5.41) is 5.21. The highest BCUT2D eigenvalue weighted by Gasteiger charge is 2.09. The van der Waals surface area contributed by atoms with Gasteiger partial charge in [0.25, 0.3) is 0 Å². The third-order valence-electron chi connectivity index (χ3n) is 2.88. The summed E-state index contributed by atoms with van der Waals surface area (Å²) in [6.07, 6.45) is 0. The smallest absolute Gasteiger partial charge is 0.158 e. The summed E-state index contributed by atoms with van der Waals surface area (Å²) in [5.41, 5.74) is 1.25. The third-order valence-corrected chi connectivity index (χ3v) is 4.44. The van der Waals surface area contributed by atoms with Gasteiger partial charge in [0.1, 0.15) is 18.2 Å². The van der Waals surface area contributed by atoms with E-state index < -0.39 is 0 Å². The van der Waals surface area contributed by atoms with Gasteiger partial charge in [0.05, 0.1) is 3.79 Å². The Hall–Kier alpha value is -1.18. The van der Waals surface area contributed by atoms with Crippen LogP contribution in [0.1, 0.15) is 18.3 Å². The van der Waals surface area contributed by atoms with Crippen molar-refractivity contribution in [3.8, 4) is 0 Å². The number of nitrogens with one attached hydrogen (secondary N) is 1. The zero-order valence-electron chi connectivity index (χ0n) is 12.4. The molecular formula is C14H19BrN4OS. The van der Waals surface area contributed by atoms with Crippen LogP contribution in [0.25, 0.3) is 0 Å². The first-order chi connectivity index (χ1) is 10.1. The molecule has 0 aromatic carbocycles. The first-order valence-electron chi connectivity index (χ1n) is 6.70. The summed E-state index contributed by atoms with van der Waals surface area (Å²) in [5.74, 6) is 2.37. The summed E-state index contributed by atoms with van der Waals surface area (Å²) in [7, 11) is 3.88. The maximum absolute atomic E-state index is 5.40. The first-order valence-corrected chi connectivity index (χ1v) is 8.37. The molecule has 0 atom stereocenters. The van der Waals surface area contributed by atoms with Crippen LogP contribution in [0.15, 0.2) is 21.3 Å². The van der Waals surface area contributed by atoms with Crippen LogP contribution in [0.4, 0.5) is 11.6 Å². The third kappa shape index (κ3) is 4.66. The molecule has 0 aliphatic rings. The molecule has 21 heavy (non-hydrogen) atoms. The zero-order chi connectivity index (χ0) is 15.2. The van der Waals surface area contributed by atoms with E-state index in [1.54, 1.807) is 11.3 Å². The van der Waals surface area contributed by atoms with E-state index in [2.05, 4.69) is 47.6 Å². The Bertz CT molecular complexity index is 590. The molecule has 0 aliphatic heterocycles. The van der Waals surface area contributed by atoms with Gasteiger partial charge in [-0.25, -0.2) is 9.97 Å². The number of aromatic nitrogens is 2. The molecule has 0 saturated heterocycles. The van der Waals surface area contributed by atoms with Gasteiger partial charge in [-0.05, 0) is 39.9 Å². The quantitative estimate of drug-likeness (QED) is 0.807. The van der Waals surface area contributed by atoms with E-state index in [1.165, 1.54) is 5.56 Å². The van der Waals surface area contributed by atoms with Gasteiger partial charge < -0.3 is 15.0 Å². The molecule has 0 unspecified atom stereocenters. The molecule has 0 saturated carbocycles. The SMILES string of the molecule is CCOCc1nc(NC)cc(N(C)Cc2csc(Br)c2)n1. The van der Waals surface area contributed by atoms with Crippen LogP contribution in [-0.4, -0.2) is 30.7 Å². The van der Waals surface area contributed by atoms with Gasteiger partial charge in [-0.15, -0.1) is 11.3 Å². The van der Waals surface area contributed by atoms with Gasteiger partial charge in [-0.3, -0.25) is 0 Å². The Balaban J connectivity index is 2.16. The van der Waals surface area contributed by atoms with Gasteiger partial charge in [0.15, 0.2) is 5.82 Å². The summed E-state index contributed by atoms with van der Waals surface area (Å²) in [6.45, 7) is 3.85. The predicted molar refractivity (Wildman–Crippen MR) is 91.0 cm³/mol. The number of hydrogen-bond acceptors (Lipinski definition) is 6. The second-order valence-electron chi connectivity index (χ2n) is 4.53. The van der Waals surface area contributed by atoms with Gasteiger partial charge >= 0.3 is 0 Å². The fraction of sp³-hybridized carbons (Fsp3) is 0.429. The van der Waals surface area contributed by atoms with Crippen molar-refractivity contribution < 1.29 is 4.74 Å². The van der Waals surface area contributed by atoms with Gasteiger partial charge in [-0.1, -0.05) is 0 Å². The highest BCUT2D eigenvalue weighted by molar-refractivity contribution is 9.11. The monoisotopic (exact) mass is 370 g/mol. The largest absolute Gasteiger partial charge is 0.374 e. The van der Waals surface area contributed by atoms with Crippen molar-refractivity contribution in [1.82, 2.24) is 9.97 Å². The van der Waals surface area contributed by atoms with Crippen molar-refractivity contribution >= 4 is 38.9 Å². The Labute approximate surface area is 137 Å². The van der Waals surface area contributed by atoms with E-state index in [1.807, 2.05) is 27.1 Å². The number of rotatable bonds is 7. The molecule has 0 aliphatic carbocycles. The molecule has 2 aromatic rings. The highest BCUT2D eigenvalue weighted by Crippen LogP contribution is 2.23. The summed E-state index contributed by atoms with van der Waals surface area (Å²) >= 11 is 5.18. The molecule has 7 heteroatoms. The molecule has 2 heterocycles. The number of hydrogen-bond donors (Lipinski definition) is 1. The molecule has 2 rings (SSSR count). The second kappa shape index (κ2) is 7.72. The minimum atomic E-state index is 0.427. The van der Waals surface area contributed by atoms with Crippen molar-refractivity contribution in [2.45, 2.75) is 20.1 Å². The molecule has 0 bridgehead atoms. The van der Waals surface area contributed by atoms with Crippen molar-refractivity contribution in [3.05, 3.63) is 32.7 Å². The summed E-state index contributed by atoms with van der Waals surface area (Å²) in [6, 6.07) is 4.07. The molecule has 0 spiro atoms. The minimum Gasteiger partial charge on any atom is -0.374 e. The van der Waals surface area contributed by atoms with Crippen LogP contribution in [0.2, 0.25) is 0 Å². The van der Waals surface area contributed by atoms with Crippen LogP contribution in [0, 0.1) is 0 Å². The number of halogens is 1. The molecule has 114 valence electrons. The normalized spacial score (nSPS) is 10.7. The van der Waals surface area contributed by atoms with Gasteiger partial charge in [0, 0.05) is 33.3 Å². The van der Waals surface area contributed by atoms with E-state index in [0.29, 0.717) is 19.0 Å². The van der Waals surface area contributed by atoms with E-state index >= 15 is 0 Å². The molecule has 0 radical (unpaired) electrons. The topological polar surface area (TPSA) is 50.3 Å². The lowest BCUT2D eigenvalue weighted by Crippen LogP contribution is -2.19. The number of ether oxygens (including phenoxy) is 1. The van der Waals surface area contributed by atoms with Crippen molar-refractivity contribution in [2.24, 2.45) is 0 Å². The molecule has 0 fully saturated rings. The predicted octanol–water partition coefficient (Wildman–Crippen LogP) is 3.52. The fourth-order valence-electron chi connectivity index (χ4n) is 1.85. The Morgan fingerprint density at radius 3 is 2.81 bits per heavy atom. The second-order valence-corrected chi connectivity index (χ2v) is 6.82. The van der Waals surface area contributed by atoms with E-state index in [9.17, 15) is 0 Å². The lowest BCUT2D eigenvalue weighted by molar-refractivity contribution is 0.128. The van der Waals surface area contributed by atoms with Crippen molar-refractivity contribution in [2.75, 3.05) is 30.9 Å². The standard InChI is InChI=1S/C14H19BrN4OS/c1-4-20-8-13-17-12(16-2)6-14(18-13)19(3)7-10-5-11(15)21-9-10/h5-6,9H,4,7-8H2,1-3H3,(H,16,17,18). The first kappa shape index (κ1) is 16.2. The number of thiophene rings is 1. The van der Waals surface area contributed by atoms with Crippen molar-refractivity contribution in [1.29, 1.82) is 0 Å². The molecular weight excluding hydrogens is 352 g/mol. The minimum absolute atomic E-state index is 0.427. The van der Waals surface area contributed by atoms with Crippen LogP contribution in [0.5, 0.6) is 0 Å². The Morgan fingerprint density at radius 2 is 2.19 bits per heavy atom. The Kier molecular flexibility index (Phi) is 5.96.